The molecule has 5 nitrogen and oxygen atoms in total. The van der Waals surface area contributed by atoms with E-state index in [1.807, 2.05) is 43.3 Å². The van der Waals surface area contributed by atoms with Gasteiger partial charge >= 0.3 is 0 Å². The fraction of sp³-hybridized carbons (Fsp3) is 0.148. The second-order valence-corrected chi connectivity index (χ2v) is 8.72. The average molecular weight is 471 g/mol. The second-order valence-electron chi connectivity index (χ2n) is 8.33. The molecule has 1 aliphatic rings. The number of aryl methyl sites for hydroxylation is 2. The first kappa shape index (κ1) is 22.0. The number of benzene rings is 3. The number of anilines is 1. The van der Waals surface area contributed by atoms with Gasteiger partial charge in [0.15, 0.2) is 5.11 Å². The largest absolute Gasteiger partial charge is 0.351 e. The summed E-state index contributed by atoms with van der Waals surface area (Å²) in [6.45, 7) is 6.10. The molecule has 0 saturated heterocycles. The number of nitrogens with one attached hydrogen (secondary N) is 1. The minimum Gasteiger partial charge on any atom is -0.351 e. The Morgan fingerprint density at radius 3 is 2.47 bits per heavy atom. The molecule has 1 aliphatic heterocycles. The van der Waals surface area contributed by atoms with Crippen LogP contribution in [-0.2, 0) is 0 Å². The molecule has 1 unspecified atom stereocenters. The number of nitrogens with zero attached hydrogens (tertiary/aromatic N) is 3. The summed E-state index contributed by atoms with van der Waals surface area (Å²) in [6.07, 6.45) is 0. The van der Waals surface area contributed by atoms with Gasteiger partial charge in [0, 0.05) is 11.3 Å². The highest BCUT2D eigenvalue weighted by molar-refractivity contribution is 7.80. The molecule has 1 atom stereocenters. The molecule has 2 heterocycles. The number of hydrogen-bond acceptors (Lipinski definition) is 4. The van der Waals surface area contributed by atoms with E-state index in [-0.39, 0.29) is 11.9 Å². The lowest BCUT2D eigenvalue weighted by Gasteiger charge is -2.37. The van der Waals surface area contributed by atoms with Crippen LogP contribution in [0.4, 0.5) is 10.1 Å². The van der Waals surface area contributed by atoms with Crippen LogP contribution in [0.1, 0.15) is 35.5 Å². The second kappa shape index (κ2) is 8.83. The highest BCUT2D eigenvalue weighted by Gasteiger charge is 2.35. The minimum atomic E-state index is -0.338. The number of halogens is 1. The van der Waals surface area contributed by atoms with Crippen molar-refractivity contribution in [2.45, 2.75) is 26.8 Å². The number of allylic oxidation sites excluding steroid dienone is 1. The van der Waals surface area contributed by atoms with Crippen molar-refractivity contribution < 1.29 is 8.91 Å². The van der Waals surface area contributed by atoms with Gasteiger partial charge in [-0.15, -0.1) is 0 Å². The van der Waals surface area contributed by atoms with Gasteiger partial charge in [-0.1, -0.05) is 59.8 Å². The normalized spacial score (nSPS) is 16.1. The molecule has 5 rings (SSSR count). The number of thiocarbonyl (C=S) groups is 1. The van der Waals surface area contributed by atoms with Gasteiger partial charge in [0.1, 0.15) is 5.82 Å². The molecular formula is C27H23FN4OS. The van der Waals surface area contributed by atoms with Gasteiger partial charge in [0.25, 0.3) is 5.89 Å². The molecule has 0 amide bonds. The van der Waals surface area contributed by atoms with E-state index in [2.05, 4.69) is 42.5 Å². The van der Waals surface area contributed by atoms with E-state index in [0.29, 0.717) is 22.5 Å². The van der Waals surface area contributed by atoms with Crippen LogP contribution < -0.4 is 10.2 Å². The maximum atomic E-state index is 14.1. The van der Waals surface area contributed by atoms with Gasteiger partial charge in [-0.3, -0.25) is 4.90 Å². The summed E-state index contributed by atoms with van der Waals surface area (Å²) in [4.78, 5) is 6.52. The Hall–Kier alpha value is -3.84. The molecule has 3 aromatic carbocycles. The fourth-order valence-corrected chi connectivity index (χ4v) is 4.54. The Labute approximate surface area is 202 Å². The van der Waals surface area contributed by atoms with Gasteiger partial charge in [-0.25, -0.2) is 4.39 Å². The predicted molar refractivity (Wildman–Crippen MR) is 136 cm³/mol. The van der Waals surface area contributed by atoms with Crippen LogP contribution >= 0.6 is 12.2 Å². The first-order valence-corrected chi connectivity index (χ1v) is 11.4. The average Bonchev–Trinajstić information content (AvgIpc) is 3.31. The lowest BCUT2D eigenvalue weighted by atomic mass is 9.92. The Bertz CT molecular complexity index is 1410. The van der Waals surface area contributed by atoms with E-state index in [9.17, 15) is 4.39 Å². The smallest absolute Gasteiger partial charge is 0.258 e. The van der Waals surface area contributed by atoms with Crippen LogP contribution in [0.3, 0.4) is 0 Å². The van der Waals surface area contributed by atoms with Crippen molar-refractivity contribution in [3.63, 3.8) is 0 Å². The van der Waals surface area contributed by atoms with E-state index in [1.165, 1.54) is 23.3 Å². The zero-order valence-corrected chi connectivity index (χ0v) is 19.9. The van der Waals surface area contributed by atoms with Crippen LogP contribution in [0.5, 0.6) is 0 Å². The maximum Gasteiger partial charge on any atom is 0.258 e. The summed E-state index contributed by atoms with van der Waals surface area (Å²) in [7, 11) is 0. The molecule has 170 valence electrons. The Morgan fingerprint density at radius 1 is 0.941 bits per heavy atom. The fourth-order valence-electron chi connectivity index (χ4n) is 4.18. The van der Waals surface area contributed by atoms with Crippen LogP contribution in [0.15, 0.2) is 83.0 Å². The van der Waals surface area contributed by atoms with E-state index in [0.717, 1.165) is 22.4 Å². The number of aromatic nitrogens is 2. The molecule has 0 spiro atoms. The van der Waals surface area contributed by atoms with Crippen molar-refractivity contribution in [3.05, 3.63) is 107 Å². The zero-order chi connectivity index (χ0) is 23.8. The van der Waals surface area contributed by atoms with Gasteiger partial charge in [-0.05, 0) is 67.9 Å². The molecule has 1 aromatic heterocycles. The van der Waals surface area contributed by atoms with Crippen molar-refractivity contribution >= 4 is 28.6 Å². The molecule has 0 bridgehead atoms. The summed E-state index contributed by atoms with van der Waals surface area (Å²) >= 11 is 5.74. The molecule has 7 heteroatoms. The standard InChI is InChI=1S/C27H23FN4OS/c1-16-12-13-20(14-17(16)2)24-23(26-30-25(31-33-26)19-8-5-4-6-9-19)18(3)32(27(34)29-24)22-11-7-10-21(28)15-22/h4-15,24H,1-3H3,(H,29,34). The van der Waals surface area contributed by atoms with Crippen molar-refractivity contribution in [2.24, 2.45) is 0 Å². The van der Waals surface area contributed by atoms with Gasteiger partial charge < -0.3 is 9.84 Å². The molecule has 0 fully saturated rings. The minimum absolute atomic E-state index is 0.305. The Balaban J connectivity index is 1.68. The van der Waals surface area contributed by atoms with Crippen LogP contribution in [0.25, 0.3) is 17.0 Å². The lowest BCUT2D eigenvalue weighted by Crippen LogP contribution is -2.46. The van der Waals surface area contributed by atoms with E-state index in [1.54, 1.807) is 11.0 Å². The van der Waals surface area contributed by atoms with Crippen molar-refractivity contribution in [1.82, 2.24) is 15.5 Å². The summed E-state index contributed by atoms with van der Waals surface area (Å²) < 4.78 is 19.8. The molecule has 4 aromatic rings. The van der Waals surface area contributed by atoms with Crippen LogP contribution in [-0.4, -0.2) is 15.3 Å². The summed E-state index contributed by atoms with van der Waals surface area (Å²) in [5.74, 6) is 0.547. The first-order valence-electron chi connectivity index (χ1n) is 11.0. The van der Waals surface area contributed by atoms with Crippen molar-refractivity contribution in [3.8, 4) is 11.4 Å². The summed E-state index contributed by atoms with van der Waals surface area (Å²) in [5, 5.41) is 8.12. The summed E-state index contributed by atoms with van der Waals surface area (Å²) in [5.41, 5.74) is 6.46. The molecule has 0 radical (unpaired) electrons. The summed E-state index contributed by atoms with van der Waals surface area (Å²) in [6, 6.07) is 22.0. The number of rotatable bonds is 4. The van der Waals surface area contributed by atoms with E-state index >= 15 is 0 Å². The lowest BCUT2D eigenvalue weighted by molar-refractivity contribution is 0.404. The third kappa shape index (κ3) is 3.99. The van der Waals surface area contributed by atoms with Gasteiger partial charge in [0.05, 0.1) is 17.3 Å². The Kier molecular flexibility index (Phi) is 5.71. The van der Waals surface area contributed by atoms with E-state index < -0.39 is 0 Å². The monoisotopic (exact) mass is 470 g/mol. The van der Waals surface area contributed by atoms with Gasteiger partial charge in [0.2, 0.25) is 5.82 Å². The topological polar surface area (TPSA) is 54.2 Å². The highest BCUT2D eigenvalue weighted by atomic mass is 32.1. The SMILES string of the molecule is CC1=C(c2nc(-c3ccccc3)no2)C(c2ccc(C)c(C)c2)NC(=S)N1c1cccc(F)c1. The third-order valence-electron chi connectivity index (χ3n) is 6.10. The third-order valence-corrected chi connectivity index (χ3v) is 6.40. The quantitative estimate of drug-likeness (QED) is 0.350. The van der Waals surface area contributed by atoms with Crippen LogP contribution in [0, 0.1) is 19.7 Å². The number of hydrogen-bond donors (Lipinski definition) is 1. The molecule has 0 aliphatic carbocycles. The molecular weight excluding hydrogens is 447 g/mol. The molecule has 1 N–H and O–H groups in total. The molecule has 34 heavy (non-hydrogen) atoms. The first-order chi connectivity index (χ1) is 16.4. The van der Waals surface area contributed by atoms with Crippen molar-refractivity contribution in [2.75, 3.05) is 4.90 Å². The Morgan fingerprint density at radius 2 is 1.74 bits per heavy atom. The zero-order valence-electron chi connectivity index (χ0n) is 19.0. The van der Waals surface area contributed by atoms with Crippen molar-refractivity contribution in [1.29, 1.82) is 0 Å². The van der Waals surface area contributed by atoms with E-state index in [4.69, 9.17) is 21.7 Å². The highest BCUT2D eigenvalue weighted by Crippen LogP contribution is 2.39. The predicted octanol–water partition coefficient (Wildman–Crippen LogP) is 6.36. The molecule has 0 saturated carbocycles. The van der Waals surface area contributed by atoms with Crippen LogP contribution in [0.2, 0.25) is 0 Å². The van der Waals surface area contributed by atoms with Gasteiger partial charge in [-0.2, -0.15) is 4.98 Å². The maximum absolute atomic E-state index is 14.1.